The van der Waals surface area contributed by atoms with Crippen LogP contribution in [0.4, 0.5) is 0 Å². The number of aliphatic hydroxyl groups excluding tert-OH is 1. The van der Waals surface area contributed by atoms with Crippen LogP contribution in [0.2, 0.25) is 0 Å². The number of aromatic nitrogens is 2. The Morgan fingerprint density at radius 3 is 2.58 bits per heavy atom. The number of fused-ring (bicyclic) bond motifs is 1. The Hall–Kier alpha value is -1.91. The summed E-state index contributed by atoms with van der Waals surface area (Å²) >= 11 is 1.58. The van der Waals surface area contributed by atoms with Crippen LogP contribution in [-0.4, -0.2) is 15.3 Å². The Morgan fingerprint density at radius 2 is 1.79 bits per heavy atom. The van der Waals surface area contributed by atoms with E-state index in [0.29, 0.717) is 0 Å². The first kappa shape index (κ1) is 12.1. The summed E-state index contributed by atoms with van der Waals surface area (Å²) in [7, 11) is 0. The van der Waals surface area contributed by atoms with E-state index in [4.69, 9.17) is 5.11 Å². The van der Waals surface area contributed by atoms with Crippen LogP contribution in [0.25, 0.3) is 10.8 Å². The third-order valence-electron chi connectivity index (χ3n) is 2.86. The quantitative estimate of drug-likeness (QED) is 0.792. The van der Waals surface area contributed by atoms with Crippen molar-refractivity contribution in [1.82, 2.24) is 10.2 Å². The zero-order valence-corrected chi connectivity index (χ0v) is 11.0. The molecule has 94 valence electrons. The second-order valence-corrected chi connectivity index (χ2v) is 5.20. The second-order valence-electron chi connectivity index (χ2n) is 4.14. The lowest BCUT2D eigenvalue weighted by atomic mass is 10.2. The molecule has 0 radical (unpaired) electrons. The smallest absolute Gasteiger partial charge is 0.131 e. The van der Waals surface area contributed by atoms with Crippen LogP contribution in [-0.2, 0) is 6.61 Å². The molecule has 1 aromatic heterocycles. The monoisotopic (exact) mass is 268 g/mol. The maximum Gasteiger partial charge on any atom is 0.131 e. The number of hydrogen-bond acceptors (Lipinski definition) is 4. The van der Waals surface area contributed by atoms with Gasteiger partial charge in [0, 0.05) is 15.7 Å². The molecular weight excluding hydrogens is 256 g/mol. The fourth-order valence-corrected chi connectivity index (χ4v) is 2.73. The van der Waals surface area contributed by atoms with Gasteiger partial charge >= 0.3 is 0 Å². The van der Waals surface area contributed by atoms with Crippen LogP contribution < -0.4 is 0 Å². The Labute approximate surface area is 115 Å². The van der Waals surface area contributed by atoms with Gasteiger partial charge in [0.25, 0.3) is 0 Å². The Morgan fingerprint density at radius 1 is 1.00 bits per heavy atom. The highest BCUT2D eigenvalue weighted by molar-refractivity contribution is 7.99. The molecule has 0 saturated heterocycles. The lowest BCUT2D eigenvalue weighted by Crippen LogP contribution is -1.87. The van der Waals surface area contributed by atoms with Gasteiger partial charge in [0.15, 0.2) is 0 Å². The molecule has 0 atom stereocenters. The van der Waals surface area contributed by atoms with Crippen molar-refractivity contribution in [3.63, 3.8) is 0 Å². The van der Waals surface area contributed by atoms with Gasteiger partial charge < -0.3 is 5.11 Å². The summed E-state index contributed by atoms with van der Waals surface area (Å²) in [6, 6.07) is 15.9. The number of nitrogens with zero attached hydrogens (tertiary/aromatic N) is 2. The molecule has 0 amide bonds. The molecule has 0 bridgehead atoms. The summed E-state index contributed by atoms with van der Waals surface area (Å²) in [5, 5.41) is 20.4. The molecule has 0 unspecified atom stereocenters. The minimum Gasteiger partial charge on any atom is -0.392 e. The maximum atomic E-state index is 9.03. The van der Waals surface area contributed by atoms with Crippen molar-refractivity contribution >= 4 is 22.5 Å². The fraction of sp³-hybridized carbons (Fsp3) is 0.0667. The summed E-state index contributed by atoms with van der Waals surface area (Å²) in [6.07, 6.45) is 1.77. The highest BCUT2D eigenvalue weighted by atomic mass is 32.2. The minimum atomic E-state index is 0.0685. The summed E-state index contributed by atoms with van der Waals surface area (Å²) < 4.78 is 0. The molecule has 4 heteroatoms. The minimum absolute atomic E-state index is 0.0685. The fourth-order valence-electron chi connectivity index (χ4n) is 1.85. The number of aliphatic hydroxyl groups is 1. The summed E-state index contributed by atoms with van der Waals surface area (Å²) in [5.41, 5.74) is 0.911. The lowest BCUT2D eigenvalue weighted by Gasteiger charge is -2.04. The molecule has 0 fully saturated rings. The van der Waals surface area contributed by atoms with E-state index in [9.17, 15) is 0 Å². The largest absolute Gasteiger partial charge is 0.392 e. The van der Waals surface area contributed by atoms with Crippen molar-refractivity contribution in [2.75, 3.05) is 0 Å². The van der Waals surface area contributed by atoms with Crippen molar-refractivity contribution < 1.29 is 5.11 Å². The van der Waals surface area contributed by atoms with Crippen LogP contribution in [0.3, 0.4) is 0 Å². The van der Waals surface area contributed by atoms with Crippen molar-refractivity contribution in [2.24, 2.45) is 0 Å². The topological polar surface area (TPSA) is 46.0 Å². The SMILES string of the molecule is OCc1ccc(Sc2nncc3ccccc23)cc1. The van der Waals surface area contributed by atoms with Crippen LogP contribution in [0.1, 0.15) is 5.56 Å². The first-order chi connectivity index (χ1) is 9.36. The van der Waals surface area contributed by atoms with Crippen molar-refractivity contribution in [3.05, 3.63) is 60.3 Å². The van der Waals surface area contributed by atoms with E-state index in [1.54, 1.807) is 18.0 Å². The Balaban J connectivity index is 1.96. The number of rotatable bonds is 3. The van der Waals surface area contributed by atoms with Gasteiger partial charge in [-0.25, -0.2) is 0 Å². The highest BCUT2D eigenvalue weighted by Gasteiger charge is 2.05. The van der Waals surface area contributed by atoms with E-state index in [0.717, 1.165) is 26.3 Å². The summed E-state index contributed by atoms with van der Waals surface area (Å²) in [4.78, 5) is 1.09. The maximum absolute atomic E-state index is 9.03. The molecule has 3 nitrogen and oxygen atoms in total. The first-order valence-corrected chi connectivity index (χ1v) is 6.76. The van der Waals surface area contributed by atoms with Gasteiger partial charge in [-0.05, 0) is 17.7 Å². The van der Waals surface area contributed by atoms with E-state index in [-0.39, 0.29) is 6.61 Å². The van der Waals surface area contributed by atoms with Crippen LogP contribution in [0.15, 0.2) is 64.6 Å². The predicted molar refractivity (Wildman–Crippen MR) is 76.0 cm³/mol. The van der Waals surface area contributed by atoms with Gasteiger partial charge in [-0.15, -0.1) is 5.10 Å². The van der Waals surface area contributed by atoms with Crippen molar-refractivity contribution in [3.8, 4) is 0 Å². The predicted octanol–water partition coefficient (Wildman–Crippen LogP) is 3.27. The first-order valence-electron chi connectivity index (χ1n) is 5.95. The third kappa shape index (κ3) is 2.59. The van der Waals surface area contributed by atoms with Crippen molar-refractivity contribution in [2.45, 2.75) is 16.5 Å². The average molecular weight is 268 g/mol. The van der Waals surface area contributed by atoms with E-state index >= 15 is 0 Å². The zero-order chi connectivity index (χ0) is 13.1. The molecule has 0 saturated carbocycles. The number of benzene rings is 2. The van der Waals surface area contributed by atoms with E-state index in [1.165, 1.54) is 0 Å². The van der Waals surface area contributed by atoms with E-state index < -0.39 is 0 Å². The van der Waals surface area contributed by atoms with E-state index in [1.807, 2.05) is 42.5 Å². The van der Waals surface area contributed by atoms with Gasteiger partial charge in [0.1, 0.15) is 5.03 Å². The van der Waals surface area contributed by atoms with Gasteiger partial charge in [0.05, 0.1) is 12.8 Å². The molecule has 1 N–H and O–H groups in total. The molecule has 19 heavy (non-hydrogen) atoms. The number of hydrogen-bond donors (Lipinski definition) is 1. The van der Waals surface area contributed by atoms with Gasteiger partial charge in [-0.2, -0.15) is 5.10 Å². The van der Waals surface area contributed by atoms with E-state index in [2.05, 4.69) is 16.3 Å². The van der Waals surface area contributed by atoms with Gasteiger partial charge in [-0.3, -0.25) is 0 Å². The highest BCUT2D eigenvalue weighted by Crippen LogP contribution is 2.31. The molecular formula is C15H12N2OS. The van der Waals surface area contributed by atoms with Gasteiger partial charge in [0.2, 0.25) is 0 Å². The summed E-state index contributed by atoms with van der Waals surface area (Å²) in [5.74, 6) is 0. The molecule has 0 aliphatic rings. The second kappa shape index (κ2) is 5.38. The lowest BCUT2D eigenvalue weighted by molar-refractivity contribution is 0.282. The van der Waals surface area contributed by atoms with Crippen molar-refractivity contribution in [1.29, 1.82) is 0 Å². The Bertz CT molecular complexity index is 693. The molecule has 3 aromatic rings. The normalized spacial score (nSPS) is 10.8. The molecule has 3 rings (SSSR count). The summed E-state index contributed by atoms with van der Waals surface area (Å²) in [6.45, 7) is 0.0685. The average Bonchev–Trinajstić information content (AvgIpc) is 2.48. The van der Waals surface area contributed by atoms with Crippen LogP contribution in [0.5, 0.6) is 0 Å². The Kier molecular flexibility index (Phi) is 3.44. The molecule has 0 spiro atoms. The standard InChI is InChI=1S/C15H12N2OS/c18-10-11-5-7-13(8-6-11)19-15-14-4-2-1-3-12(14)9-16-17-15/h1-9,18H,10H2. The van der Waals surface area contributed by atoms with Gasteiger partial charge in [-0.1, -0.05) is 48.2 Å². The molecule has 1 heterocycles. The third-order valence-corrected chi connectivity index (χ3v) is 3.86. The molecule has 0 aliphatic heterocycles. The van der Waals surface area contributed by atoms with Crippen LogP contribution in [0, 0.1) is 0 Å². The molecule has 0 aliphatic carbocycles. The van der Waals surface area contributed by atoms with Crippen LogP contribution >= 0.6 is 11.8 Å². The zero-order valence-electron chi connectivity index (χ0n) is 10.2. The molecule has 2 aromatic carbocycles.